The van der Waals surface area contributed by atoms with Gasteiger partial charge in [0, 0.05) is 19.0 Å². The van der Waals surface area contributed by atoms with Crippen LogP contribution in [-0.2, 0) is 13.0 Å². The van der Waals surface area contributed by atoms with Gasteiger partial charge in [0.2, 0.25) is 0 Å². The third kappa shape index (κ3) is 4.28. The van der Waals surface area contributed by atoms with Gasteiger partial charge in [0.05, 0.1) is 0 Å². The van der Waals surface area contributed by atoms with E-state index < -0.39 is 0 Å². The molecule has 19 heavy (non-hydrogen) atoms. The van der Waals surface area contributed by atoms with Crippen LogP contribution in [0.1, 0.15) is 57.7 Å². The summed E-state index contributed by atoms with van der Waals surface area (Å²) in [4.78, 5) is 4.37. The number of nitrogens with one attached hydrogen (secondary N) is 1. The Bertz CT molecular complexity index is 356. The van der Waals surface area contributed by atoms with E-state index in [1.54, 1.807) is 6.33 Å². The highest BCUT2D eigenvalue weighted by atomic mass is 15.3. The van der Waals surface area contributed by atoms with Crippen LogP contribution in [0.2, 0.25) is 0 Å². The van der Waals surface area contributed by atoms with E-state index in [1.165, 1.54) is 32.1 Å². The zero-order chi connectivity index (χ0) is 13.5. The quantitative estimate of drug-likeness (QED) is 0.584. The average Bonchev–Trinajstić information content (AvgIpc) is 2.87. The molecule has 1 atom stereocenters. The van der Waals surface area contributed by atoms with Crippen molar-refractivity contribution in [3.8, 4) is 0 Å². The van der Waals surface area contributed by atoms with E-state index in [0.717, 1.165) is 37.5 Å². The van der Waals surface area contributed by atoms with Crippen LogP contribution in [0.3, 0.4) is 0 Å². The van der Waals surface area contributed by atoms with Gasteiger partial charge in [-0.05, 0) is 18.8 Å². The number of hydrogen-bond acceptors (Lipinski definition) is 4. The molecule has 2 rings (SSSR count). The van der Waals surface area contributed by atoms with Crippen LogP contribution in [0.25, 0.3) is 0 Å². The SMILES string of the molecule is CCCn1ncnc1CC(CC1CCCCC1)NN. The fraction of sp³-hybridized carbons (Fsp3) is 0.857. The Morgan fingerprint density at radius 2 is 2.21 bits per heavy atom. The Morgan fingerprint density at radius 3 is 2.89 bits per heavy atom. The fourth-order valence-corrected chi connectivity index (χ4v) is 3.10. The number of rotatable bonds is 7. The lowest BCUT2D eigenvalue weighted by Crippen LogP contribution is -2.39. The summed E-state index contributed by atoms with van der Waals surface area (Å²) in [5.41, 5.74) is 2.98. The minimum atomic E-state index is 0.322. The second-order valence-electron chi connectivity index (χ2n) is 5.71. The van der Waals surface area contributed by atoms with E-state index in [1.807, 2.05) is 4.68 Å². The Morgan fingerprint density at radius 1 is 1.42 bits per heavy atom. The summed E-state index contributed by atoms with van der Waals surface area (Å²) < 4.78 is 2.01. The van der Waals surface area contributed by atoms with E-state index >= 15 is 0 Å². The van der Waals surface area contributed by atoms with Gasteiger partial charge in [0.15, 0.2) is 0 Å². The van der Waals surface area contributed by atoms with Gasteiger partial charge in [-0.15, -0.1) is 0 Å². The van der Waals surface area contributed by atoms with Crippen molar-refractivity contribution in [3.05, 3.63) is 12.2 Å². The first-order chi connectivity index (χ1) is 9.33. The minimum Gasteiger partial charge on any atom is -0.271 e. The molecule has 3 N–H and O–H groups in total. The summed E-state index contributed by atoms with van der Waals surface area (Å²) in [7, 11) is 0. The molecule has 5 nitrogen and oxygen atoms in total. The lowest BCUT2D eigenvalue weighted by atomic mass is 9.84. The van der Waals surface area contributed by atoms with Crippen molar-refractivity contribution >= 4 is 0 Å². The maximum atomic E-state index is 5.72. The molecular formula is C14H27N5. The van der Waals surface area contributed by atoms with Crippen LogP contribution in [-0.4, -0.2) is 20.8 Å². The van der Waals surface area contributed by atoms with Crippen LogP contribution >= 0.6 is 0 Å². The van der Waals surface area contributed by atoms with Gasteiger partial charge in [-0.1, -0.05) is 39.0 Å². The molecule has 1 unspecified atom stereocenters. The molecule has 0 aliphatic heterocycles. The molecule has 0 aromatic carbocycles. The van der Waals surface area contributed by atoms with Crippen molar-refractivity contribution in [1.29, 1.82) is 0 Å². The summed E-state index contributed by atoms with van der Waals surface area (Å²) in [6, 6.07) is 0.322. The van der Waals surface area contributed by atoms with Crippen molar-refractivity contribution in [2.45, 2.75) is 70.9 Å². The molecule has 0 radical (unpaired) electrons. The Labute approximate surface area is 115 Å². The largest absolute Gasteiger partial charge is 0.271 e. The smallest absolute Gasteiger partial charge is 0.138 e. The normalized spacial score (nSPS) is 18.6. The van der Waals surface area contributed by atoms with Gasteiger partial charge in [-0.25, -0.2) is 4.98 Å². The summed E-state index contributed by atoms with van der Waals surface area (Å²) in [6.07, 6.45) is 11.7. The van der Waals surface area contributed by atoms with Crippen LogP contribution in [0, 0.1) is 5.92 Å². The Hall–Kier alpha value is -0.940. The molecule has 1 heterocycles. The van der Waals surface area contributed by atoms with Gasteiger partial charge in [-0.3, -0.25) is 16.0 Å². The molecule has 1 saturated carbocycles. The number of aromatic nitrogens is 3. The highest BCUT2D eigenvalue weighted by Crippen LogP contribution is 2.27. The number of nitrogens with zero attached hydrogens (tertiary/aromatic N) is 3. The summed E-state index contributed by atoms with van der Waals surface area (Å²) >= 11 is 0. The van der Waals surface area contributed by atoms with Gasteiger partial charge in [-0.2, -0.15) is 5.10 Å². The van der Waals surface area contributed by atoms with Crippen molar-refractivity contribution in [1.82, 2.24) is 20.2 Å². The molecule has 1 fully saturated rings. The van der Waals surface area contributed by atoms with Gasteiger partial charge < -0.3 is 0 Å². The monoisotopic (exact) mass is 265 g/mol. The zero-order valence-electron chi connectivity index (χ0n) is 12.0. The van der Waals surface area contributed by atoms with E-state index in [4.69, 9.17) is 5.84 Å². The second kappa shape index (κ2) is 7.60. The molecule has 0 amide bonds. The molecule has 0 bridgehead atoms. The molecule has 0 spiro atoms. The molecular weight excluding hydrogens is 238 g/mol. The number of hydrazine groups is 1. The van der Waals surface area contributed by atoms with Crippen LogP contribution in [0.5, 0.6) is 0 Å². The maximum Gasteiger partial charge on any atom is 0.138 e. The van der Waals surface area contributed by atoms with Crippen LogP contribution in [0.4, 0.5) is 0 Å². The lowest BCUT2D eigenvalue weighted by molar-refractivity contribution is 0.294. The lowest BCUT2D eigenvalue weighted by Gasteiger charge is -2.26. The third-order valence-corrected chi connectivity index (χ3v) is 4.14. The summed E-state index contributed by atoms with van der Waals surface area (Å²) in [6.45, 7) is 3.10. The Balaban J connectivity index is 1.88. The van der Waals surface area contributed by atoms with Crippen molar-refractivity contribution in [3.63, 3.8) is 0 Å². The number of aryl methyl sites for hydroxylation is 1. The standard InChI is InChI=1S/C14H27N5/c1-2-8-19-14(16-11-17-19)10-13(18-15)9-12-6-4-3-5-7-12/h11-13,18H,2-10,15H2,1H3. The van der Waals surface area contributed by atoms with Crippen LogP contribution in [0.15, 0.2) is 6.33 Å². The zero-order valence-corrected chi connectivity index (χ0v) is 12.0. The molecule has 1 aliphatic carbocycles. The summed E-state index contributed by atoms with van der Waals surface area (Å²) in [5, 5.41) is 4.28. The van der Waals surface area contributed by atoms with Gasteiger partial charge in [0.25, 0.3) is 0 Å². The first-order valence-electron chi connectivity index (χ1n) is 7.66. The highest BCUT2D eigenvalue weighted by Gasteiger charge is 2.20. The van der Waals surface area contributed by atoms with E-state index in [0.29, 0.717) is 6.04 Å². The summed E-state index contributed by atoms with van der Waals surface area (Å²) in [5.74, 6) is 7.61. The fourth-order valence-electron chi connectivity index (χ4n) is 3.10. The van der Waals surface area contributed by atoms with Gasteiger partial charge >= 0.3 is 0 Å². The minimum absolute atomic E-state index is 0.322. The molecule has 0 saturated heterocycles. The second-order valence-corrected chi connectivity index (χ2v) is 5.71. The van der Waals surface area contributed by atoms with E-state index in [2.05, 4.69) is 22.4 Å². The number of hydrogen-bond donors (Lipinski definition) is 2. The predicted octanol–water partition coefficient (Wildman–Crippen LogP) is 2.03. The molecule has 1 aromatic heterocycles. The van der Waals surface area contributed by atoms with Crippen molar-refractivity contribution in [2.75, 3.05) is 0 Å². The van der Waals surface area contributed by atoms with Crippen molar-refractivity contribution in [2.24, 2.45) is 11.8 Å². The van der Waals surface area contributed by atoms with E-state index in [-0.39, 0.29) is 0 Å². The Kier molecular flexibility index (Phi) is 5.79. The molecule has 5 heteroatoms. The third-order valence-electron chi connectivity index (χ3n) is 4.14. The topological polar surface area (TPSA) is 68.8 Å². The maximum absolute atomic E-state index is 5.72. The molecule has 108 valence electrons. The predicted molar refractivity (Wildman–Crippen MR) is 76.3 cm³/mol. The average molecular weight is 265 g/mol. The first kappa shape index (κ1) is 14.5. The van der Waals surface area contributed by atoms with Crippen LogP contribution < -0.4 is 11.3 Å². The highest BCUT2D eigenvalue weighted by molar-refractivity contribution is 4.90. The number of nitrogens with two attached hydrogens (primary N) is 1. The molecule has 1 aliphatic rings. The van der Waals surface area contributed by atoms with Gasteiger partial charge in [0.1, 0.15) is 12.2 Å². The van der Waals surface area contributed by atoms with Crippen molar-refractivity contribution < 1.29 is 0 Å². The van der Waals surface area contributed by atoms with E-state index in [9.17, 15) is 0 Å². The molecule has 1 aromatic rings. The first-order valence-corrected chi connectivity index (χ1v) is 7.66.